The van der Waals surface area contributed by atoms with Gasteiger partial charge in [0.2, 0.25) is 0 Å². The normalized spacial score (nSPS) is 15.3. The van der Waals surface area contributed by atoms with Crippen LogP contribution in [0.2, 0.25) is 0 Å². The van der Waals surface area contributed by atoms with Crippen LogP contribution in [0.25, 0.3) is 0 Å². The second-order valence-corrected chi connectivity index (χ2v) is 4.05. The second-order valence-electron chi connectivity index (χ2n) is 4.05. The van der Waals surface area contributed by atoms with E-state index in [2.05, 4.69) is 0 Å². The SMILES string of the molecule is Cc1ccc(F)c([C@@H](C)[C@H](C)N)c1C. The average Bonchev–Trinajstić information content (AvgIpc) is 2.12. The number of hydrogen-bond acceptors (Lipinski definition) is 1. The topological polar surface area (TPSA) is 26.0 Å². The van der Waals surface area contributed by atoms with Crippen molar-refractivity contribution in [1.82, 2.24) is 0 Å². The van der Waals surface area contributed by atoms with Crippen LogP contribution in [0.1, 0.15) is 36.5 Å². The Morgan fingerprint density at radius 3 is 2.29 bits per heavy atom. The van der Waals surface area contributed by atoms with Gasteiger partial charge in [-0.25, -0.2) is 4.39 Å². The van der Waals surface area contributed by atoms with E-state index in [4.69, 9.17) is 5.73 Å². The standard InChI is InChI=1S/C12H18FN/c1-7-5-6-11(13)12(8(7)2)9(3)10(4)14/h5-6,9-10H,14H2,1-4H3/t9-,10-/m0/s1. The molecule has 1 rings (SSSR count). The van der Waals surface area contributed by atoms with Crippen molar-refractivity contribution in [2.45, 2.75) is 39.7 Å². The van der Waals surface area contributed by atoms with Crippen molar-refractivity contribution in [1.29, 1.82) is 0 Å². The minimum atomic E-state index is -0.141. The Labute approximate surface area is 85.1 Å². The summed E-state index contributed by atoms with van der Waals surface area (Å²) in [6.45, 7) is 7.82. The number of rotatable bonds is 2. The van der Waals surface area contributed by atoms with E-state index < -0.39 is 0 Å². The van der Waals surface area contributed by atoms with E-state index in [1.54, 1.807) is 0 Å². The van der Waals surface area contributed by atoms with Crippen LogP contribution in [0.15, 0.2) is 12.1 Å². The van der Waals surface area contributed by atoms with E-state index in [1.807, 2.05) is 33.8 Å². The average molecular weight is 195 g/mol. The lowest BCUT2D eigenvalue weighted by molar-refractivity contribution is 0.546. The molecule has 0 unspecified atom stereocenters. The van der Waals surface area contributed by atoms with Crippen molar-refractivity contribution in [2.24, 2.45) is 5.73 Å². The molecule has 78 valence electrons. The van der Waals surface area contributed by atoms with Gasteiger partial charge in [0.1, 0.15) is 5.82 Å². The monoisotopic (exact) mass is 195 g/mol. The molecule has 14 heavy (non-hydrogen) atoms. The van der Waals surface area contributed by atoms with Gasteiger partial charge in [-0.1, -0.05) is 13.0 Å². The summed E-state index contributed by atoms with van der Waals surface area (Å²) in [5.74, 6) is -0.0761. The third kappa shape index (κ3) is 1.95. The van der Waals surface area contributed by atoms with Gasteiger partial charge < -0.3 is 5.73 Å². The van der Waals surface area contributed by atoms with Crippen molar-refractivity contribution >= 4 is 0 Å². The molecular weight excluding hydrogens is 177 g/mol. The van der Waals surface area contributed by atoms with E-state index in [-0.39, 0.29) is 17.8 Å². The second kappa shape index (κ2) is 4.09. The molecule has 2 atom stereocenters. The van der Waals surface area contributed by atoms with E-state index in [1.165, 1.54) is 6.07 Å². The summed E-state index contributed by atoms with van der Waals surface area (Å²) in [6.07, 6.45) is 0. The Balaban J connectivity index is 3.25. The van der Waals surface area contributed by atoms with Crippen LogP contribution in [0.5, 0.6) is 0 Å². The molecule has 0 amide bonds. The lowest BCUT2D eigenvalue weighted by atomic mass is 9.89. The van der Waals surface area contributed by atoms with Gasteiger partial charge in [0.15, 0.2) is 0 Å². The molecule has 0 aliphatic heterocycles. The molecule has 0 spiro atoms. The molecule has 1 nitrogen and oxygen atoms in total. The molecule has 0 saturated carbocycles. The number of hydrogen-bond donors (Lipinski definition) is 1. The highest BCUT2D eigenvalue weighted by molar-refractivity contribution is 5.37. The summed E-state index contributed by atoms with van der Waals surface area (Å²) in [4.78, 5) is 0. The van der Waals surface area contributed by atoms with Crippen LogP contribution in [0.3, 0.4) is 0 Å². The Morgan fingerprint density at radius 1 is 1.21 bits per heavy atom. The molecule has 0 aliphatic carbocycles. The van der Waals surface area contributed by atoms with Gasteiger partial charge in [-0.3, -0.25) is 0 Å². The van der Waals surface area contributed by atoms with Crippen LogP contribution < -0.4 is 5.73 Å². The molecule has 0 aromatic heterocycles. The molecule has 1 aromatic carbocycles. The molecule has 0 bridgehead atoms. The van der Waals surface area contributed by atoms with Crippen molar-refractivity contribution in [2.75, 3.05) is 0 Å². The Hall–Kier alpha value is -0.890. The highest BCUT2D eigenvalue weighted by Crippen LogP contribution is 2.26. The fourth-order valence-corrected chi connectivity index (χ4v) is 1.63. The predicted octanol–water partition coefficient (Wildman–Crippen LogP) is 2.89. The third-order valence-corrected chi connectivity index (χ3v) is 2.98. The molecule has 2 heteroatoms. The predicted molar refractivity (Wildman–Crippen MR) is 57.9 cm³/mol. The molecule has 0 fully saturated rings. The van der Waals surface area contributed by atoms with Gasteiger partial charge in [-0.15, -0.1) is 0 Å². The van der Waals surface area contributed by atoms with Gasteiger partial charge in [0.25, 0.3) is 0 Å². The third-order valence-electron chi connectivity index (χ3n) is 2.98. The molecule has 0 saturated heterocycles. The van der Waals surface area contributed by atoms with Crippen molar-refractivity contribution < 1.29 is 4.39 Å². The number of halogens is 1. The fraction of sp³-hybridized carbons (Fsp3) is 0.500. The first-order valence-corrected chi connectivity index (χ1v) is 4.96. The van der Waals surface area contributed by atoms with Crippen molar-refractivity contribution in [3.8, 4) is 0 Å². The maximum Gasteiger partial charge on any atom is 0.127 e. The number of benzene rings is 1. The summed E-state index contributed by atoms with van der Waals surface area (Å²) < 4.78 is 13.6. The van der Waals surface area contributed by atoms with Crippen molar-refractivity contribution in [3.05, 3.63) is 34.6 Å². The molecular formula is C12H18FN. The van der Waals surface area contributed by atoms with E-state index >= 15 is 0 Å². The molecule has 0 aliphatic rings. The lowest BCUT2D eigenvalue weighted by Crippen LogP contribution is -2.24. The zero-order valence-corrected chi connectivity index (χ0v) is 9.26. The van der Waals surface area contributed by atoms with E-state index in [0.29, 0.717) is 0 Å². The summed E-state index contributed by atoms with van der Waals surface area (Å²) >= 11 is 0. The van der Waals surface area contributed by atoms with Crippen LogP contribution in [-0.2, 0) is 0 Å². The highest BCUT2D eigenvalue weighted by atomic mass is 19.1. The molecule has 2 N–H and O–H groups in total. The van der Waals surface area contributed by atoms with Gasteiger partial charge in [-0.2, -0.15) is 0 Å². The van der Waals surface area contributed by atoms with Crippen molar-refractivity contribution in [3.63, 3.8) is 0 Å². The zero-order valence-electron chi connectivity index (χ0n) is 9.26. The fourth-order valence-electron chi connectivity index (χ4n) is 1.63. The van der Waals surface area contributed by atoms with Gasteiger partial charge in [0.05, 0.1) is 0 Å². The summed E-state index contributed by atoms with van der Waals surface area (Å²) in [6, 6.07) is 3.31. The van der Waals surface area contributed by atoms with Gasteiger partial charge >= 0.3 is 0 Å². The minimum Gasteiger partial charge on any atom is -0.327 e. The summed E-state index contributed by atoms with van der Waals surface area (Å²) in [7, 11) is 0. The Morgan fingerprint density at radius 2 is 1.79 bits per heavy atom. The Bertz CT molecular complexity index is 331. The summed E-state index contributed by atoms with van der Waals surface area (Å²) in [5.41, 5.74) is 8.70. The first-order valence-electron chi connectivity index (χ1n) is 4.96. The first-order chi connectivity index (χ1) is 6.45. The largest absolute Gasteiger partial charge is 0.327 e. The van der Waals surface area contributed by atoms with Gasteiger partial charge in [0, 0.05) is 6.04 Å². The number of aryl methyl sites for hydroxylation is 1. The molecule has 0 radical (unpaired) electrons. The quantitative estimate of drug-likeness (QED) is 0.771. The first kappa shape index (κ1) is 11.2. The smallest absolute Gasteiger partial charge is 0.127 e. The molecule has 0 heterocycles. The van der Waals surface area contributed by atoms with E-state index in [9.17, 15) is 4.39 Å². The van der Waals surface area contributed by atoms with Crippen LogP contribution in [0.4, 0.5) is 4.39 Å². The van der Waals surface area contributed by atoms with Crippen LogP contribution >= 0.6 is 0 Å². The summed E-state index contributed by atoms with van der Waals surface area (Å²) in [5, 5.41) is 0. The molecule has 1 aromatic rings. The van der Waals surface area contributed by atoms with E-state index in [0.717, 1.165) is 16.7 Å². The van der Waals surface area contributed by atoms with Crippen LogP contribution in [-0.4, -0.2) is 6.04 Å². The van der Waals surface area contributed by atoms with Gasteiger partial charge in [-0.05, 0) is 49.4 Å². The Kier molecular flexibility index (Phi) is 3.27. The van der Waals surface area contributed by atoms with Crippen LogP contribution in [0, 0.1) is 19.7 Å². The maximum atomic E-state index is 13.6. The zero-order chi connectivity index (χ0) is 10.9. The minimum absolute atomic E-state index is 0.0231. The lowest BCUT2D eigenvalue weighted by Gasteiger charge is -2.20. The number of nitrogens with two attached hydrogens (primary N) is 1. The highest BCUT2D eigenvalue weighted by Gasteiger charge is 2.17. The maximum absolute atomic E-state index is 13.6.